The van der Waals surface area contributed by atoms with E-state index in [2.05, 4.69) is 9.88 Å². The van der Waals surface area contributed by atoms with Gasteiger partial charge in [-0.25, -0.2) is 0 Å². The molecule has 2 N–H and O–H groups in total. The summed E-state index contributed by atoms with van der Waals surface area (Å²) in [5, 5.41) is 19.8. The third-order valence-corrected chi connectivity index (χ3v) is 3.55. The molecule has 4 nitrogen and oxygen atoms in total. The van der Waals surface area contributed by atoms with Gasteiger partial charge in [0.25, 0.3) is 0 Å². The fourth-order valence-electron chi connectivity index (χ4n) is 2.22. The van der Waals surface area contributed by atoms with Gasteiger partial charge in [-0.2, -0.15) is 0 Å². The second-order valence-electron chi connectivity index (χ2n) is 5.22. The zero-order chi connectivity index (χ0) is 15.1. The summed E-state index contributed by atoms with van der Waals surface area (Å²) in [7, 11) is 0. The second kappa shape index (κ2) is 7.88. The van der Waals surface area contributed by atoms with Crippen molar-refractivity contribution in [3.8, 4) is 0 Å². The van der Waals surface area contributed by atoms with E-state index < -0.39 is 6.10 Å². The van der Waals surface area contributed by atoms with Crippen LogP contribution in [0.3, 0.4) is 0 Å². The molecule has 112 valence electrons. The molecule has 4 heteroatoms. The molecule has 0 amide bonds. The molecule has 2 aromatic rings. The van der Waals surface area contributed by atoms with Gasteiger partial charge in [0.15, 0.2) is 0 Å². The third kappa shape index (κ3) is 4.63. The van der Waals surface area contributed by atoms with Gasteiger partial charge in [0.1, 0.15) is 6.10 Å². The Balaban J connectivity index is 2.06. The van der Waals surface area contributed by atoms with Crippen molar-refractivity contribution in [1.29, 1.82) is 0 Å². The van der Waals surface area contributed by atoms with Crippen LogP contribution >= 0.6 is 0 Å². The van der Waals surface area contributed by atoms with E-state index in [0.29, 0.717) is 18.8 Å². The second-order valence-corrected chi connectivity index (χ2v) is 5.22. The molecule has 0 saturated heterocycles. The minimum atomic E-state index is -0.663. The van der Waals surface area contributed by atoms with Crippen molar-refractivity contribution in [1.82, 2.24) is 9.88 Å². The first kappa shape index (κ1) is 15.6. The summed E-state index contributed by atoms with van der Waals surface area (Å²) in [6, 6.07) is 15.5. The summed E-state index contributed by atoms with van der Waals surface area (Å²) in [5.74, 6) is 0. The van der Waals surface area contributed by atoms with E-state index >= 15 is 0 Å². The Morgan fingerprint density at radius 1 is 1.10 bits per heavy atom. The van der Waals surface area contributed by atoms with Gasteiger partial charge in [-0.3, -0.25) is 9.88 Å². The number of aliphatic hydroxyl groups excluding tert-OH is 2. The van der Waals surface area contributed by atoms with Crippen LogP contribution < -0.4 is 0 Å². The summed E-state index contributed by atoms with van der Waals surface area (Å²) in [6.45, 7) is 3.13. The number of aliphatic hydroxyl groups is 2. The van der Waals surface area contributed by atoms with Crippen LogP contribution in [-0.2, 0) is 6.54 Å². The zero-order valence-electron chi connectivity index (χ0n) is 12.3. The lowest BCUT2D eigenvalue weighted by atomic mass is 10.1. The van der Waals surface area contributed by atoms with Crippen LogP contribution in [0.5, 0.6) is 0 Å². The molecule has 0 spiro atoms. The van der Waals surface area contributed by atoms with Gasteiger partial charge < -0.3 is 10.2 Å². The molecule has 1 aromatic heterocycles. The van der Waals surface area contributed by atoms with Gasteiger partial charge in [0, 0.05) is 25.3 Å². The molecule has 0 aliphatic heterocycles. The van der Waals surface area contributed by atoms with Crippen LogP contribution in [0.1, 0.15) is 24.3 Å². The van der Waals surface area contributed by atoms with Gasteiger partial charge in [0.2, 0.25) is 0 Å². The topological polar surface area (TPSA) is 56.6 Å². The van der Waals surface area contributed by atoms with Gasteiger partial charge in [-0.1, -0.05) is 36.4 Å². The minimum absolute atomic E-state index is 0.0245. The van der Waals surface area contributed by atoms with E-state index in [1.807, 2.05) is 55.5 Å². The van der Waals surface area contributed by atoms with Crippen molar-refractivity contribution in [2.24, 2.45) is 0 Å². The zero-order valence-corrected chi connectivity index (χ0v) is 12.3. The minimum Gasteiger partial charge on any atom is -0.395 e. The molecule has 0 aliphatic rings. The number of nitrogens with zero attached hydrogens (tertiary/aromatic N) is 2. The number of pyridine rings is 1. The summed E-state index contributed by atoms with van der Waals surface area (Å²) in [4.78, 5) is 6.25. The number of hydrogen-bond acceptors (Lipinski definition) is 4. The molecular weight excluding hydrogens is 264 g/mol. The van der Waals surface area contributed by atoms with Gasteiger partial charge in [0.05, 0.1) is 12.3 Å². The Bertz CT molecular complexity index is 519. The van der Waals surface area contributed by atoms with E-state index in [1.165, 1.54) is 0 Å². The standard InChI is InChI=1S/C17H22N2O2/c1-14(13-20)19(11-15-7-3-2-4-8-15)12-17(21)16-9-5-6-10-18-16/h2-10,14,17,20-21H,11-13H2,1H3/t14-,17?/m0/s1. The molecule has 0 bridgehead atoms. The van der Waals surface area contributed by atoms with Crippen molar-refractivity contribution in [3.63, 3.8) is 0 Å². The molecule has 2 rings (SSSR count). The molecule has 21 heavy (non-hydrogen) atoms. The van der Waals surface area contributed by atoms with Gasteiger partial charge in [-0.05, 0) is 24.6 Å². The monoisotopic (exact) mass is 286 g/mol. The summed E-state index contributed by atoms with van der Waals surface area (Å²) < 4.78 is 0. The fraction of sp³-hybridized carbons (Fsp3) is 0.353. The van der Waals surface area contributed by atoms with E-state index in [9.17, 15) is 10.2 Å². The predicted molar refractivity (Wildman–Crippen MR) is 82.6 cm³/mol. The van der Waals surface area contributed by atoms with Crippen molar-refractivity contribution < 1.29 is 10.2 Å². The lowest BCUT2D eigenvalue weighted by molar-refractivity contribution is 0.0615. The molecule has 0 aliphatic carbocycles. The number of benzene rings is 1. The molecule has 0 fully saturated rings. The highest BCUT2D eigenvalue weighted by atomic mass is 16.3. The van der Waals surface area contributed by atoms with Crippen LogP contribution in [0.2, 0.25) is 0 Å². The molecule has 0 saturated carbocycles. The van der Waals surface area contributed by atoms with E-state index in [4.69, 9.17) is 0 Å². The first-order valence-electron chi connectivity index (χ1n) is 7.18. The van der Waals surface area contributed by atoms with Crippen molar-refractivity contribution in [2.45, 2.75) is 25.6 Å². The molecular formula is C17H22N2O2. The average Bonchev–Trinajstić information content (AvgIpc) is 2.55. The highest BCUT2D eigenvalue weighted by Crippen LogP contribution is 2.15. The predicted octanol–water partition coefficient (Wildman–Crippen LogP) is 2.00. The fourth-order valence-corrected chi connectivity index (χ4v) is 2.22. The van der Waals surface area contributed by atoms with Gasteiger partial charge >= 0.3 is 0 Å². The van der Waals surface area contributed by atoms with Crippen LogP contribution in [0.25, 0.3) is 0 Å². The molecule has 2 atom stereocenters. The maximum Gasteiger partial charge on any atom is 0.109 e. The number of aromatic nitrogens is 1. The molecule has 0 radical (unpaired) electrons. The Kier molecular flexibility index (Phi) is 5.87. The van der Waals surface area contributed by atoms with E-state index in [1.54, 1.807) is 6.20 Å². The lowest BCUT2D eigenvalue weighted by Gasteiger charge is -2.29. The van der Waals surface area contributed by atoms with E-state index in [0.717, 1.165) is 5.56 Å². The normalized spacial score (nSPS) is 14.1. The van der Waals surface area contributed by atoms with Crippen LogP contribution in [-0.4, -0.2) is 39.3 Å². The van der Waals surface area contributed by atoms with Crippen LogP contribution in [0, 0.1) is 0 Å². The molecule has 1 aromatic carbocycles. The number of hydrogen-bond donors (Lipinski definition) is 2. The third-order valence-electron chi connectivity index (χ3n) is 3.55. The smallest absolute Gasteiger partial charge is 0.109 e. The SMILES string of the molecule is C[C@@H](CO)N(Cc1ccccc1)CC(O)c1ccccn1. The molecule has 1 unspecified atom stereocenters. The Morgan fingerprint density at radius 2 is 1.81 bits per heavy atom. The first-order chi connectivity index (χ1) is 10.2. The first-order valence-corrected chi connectivity index (χ1v) is 7.18. The summed E-state index contributed by atoms with van der Waals surface area (Å²) >= 11 is 0. The average molecular weight is 286 g/mol. The van der Waals surface area contributed by atoms with Crippen molar-refractivity contribution >= 4 is 0 Å². The van der Waals surface area contributed by atoms with Crippen molar-refractivity contribution in [2.75, 3.05) is 13.2 Å². The van der Waals surface area contributed by atoms with Crippen LogP contribution in [0.15, 0.2) is 54.7 Å². The quantitative estimate of drug-likeness (QED) is 0.817. The lowest BCUT2D eigenvalue weighted by Crippen LogP contribution is -2.38. The van der Waals surface area contributed by atoms with Crippen LogP contribution in [0.4, 0.5) is 0 Å². The maximum atomic E-state index is 10.3. The van der Waals surface area contributed by atoms with Crippen molar-refractivity contribution in [3.05, 3.63) is 66.0 Å². The highest BCUT2D eigenvalue weighted by molar-refractivity contribution is 5.15. The highest BCUT2D eigenvalue weighted by Gasteiger charge is 2.19. The Hall–Kier alpha value is -1.75. The maximum absolute atomic E-state index is 10.3. The van der Waals surface area contributed by atoms with E-state index in [-0.39, 0.29) is 12.6 Å². The largest absolute Gasteiger partial charge is 0.395 e. The summed E-state index contributed by atoms with van der Waals surface area (Å²) in [6.07, 6.45) is 1.01. The van der Waals surface area contributed by atoms with Gasteiger partial charge in [-0.15, -0.1) is 0 Å². The Labute approximate surface area is 125 Å². The molecule has 1 heterocycles. The number of rotatable bonds is 7. The Morgan fingerprint density at radius 3 is 2.43 bits per heavy atom. The summed E-state index contributed by atoms with van der Waals surface area (Å²) in [5.41, 5.74) is 1.81.